The van der Waals surface area contributed by atoms with Crippen molar-refractivity contribution in [3.05, 3.63) is 23.8 Å². The van der Waals surface area contributed by atoms with Crippen molar-refractivity contribution in [2.75, 3.05) is 6.54 Å². The third-order valence-corrected chi connectivity index (χ3v) is 3.91. The molecule has 6 heteroatoms. The van der Waals surface area contributed by atoms with E-state index in [1.54, 1.807) is 6.20 Å². The minimum absolute atomic E-state index is 0.170. The van der Waals surface area contributed by atoms with Crippen LogP contribution in [0, 0.1) is 6.92 Å². The van der Waals surface area contributed by atoms with Crippen LogP contribution in [-0.4, -0.2) is 45.2 Å². The van der Waals surface area contributed by atoms with E-state index in [1.807, 2.05) is 38.7 Å². The van der Waals surface area contributed by atoms with Gasteiger partial charge in [0.1, 0.15) is 11.4 Å². The van der Waals surface area contributed by atoms with Crippen LogP contribution in [0.4, 0.5) is 4.79 Å². The van der Waals surface area contributed by atoms with Crippen LogP contribution in [-0.2, 0) is 11.3 Å². The summed E-state index contributed by atoms with van der Waals surface area (Å²) in [7, 11) is 0. The fourth-order valence-electron chi connectivity index (χ4n) is 2.80. The van der Waals surface area contributed by atoms with Crippen molar-refractivity contribution >= 4 is 6.09 Å². The van der Waals surface area contributed by atoms with Crippen molar-refractivity contribution in [1.82, 2.24) is 20.2 Å². The Morgan fingerprint density at radius 2 is 2.22 bits per heavy atom. The number of aryl methyl sites for hydroxylation is 1. The largest absolute Gasteiger partial charge is 0.444 e. The number of amides is 1. The molecular formula is C17H28N4O2. The highest BCUT2D eigenvalue weighted by Crippen LogP contribution is 2.20. The lowest BCUT2D eigenvalue weighted by atomic mass is 9.98. The van der Waals surface area contributed by atoms with Crippen molar-refractivity contribution in [1.29, 1.82) is 0 Å². The Labute approximate surface area is 138 Å². The second-order valence-electron chi connectivity index (χ2n) is 7.22. The Morgan fingerprint density at radius 1 is 1.48 bits per heavy atom. The van der Waals surface area contributed by atoms with Gasteiger partial charge in [0, 0.05) is 31.4 Å². The second-order valence-corrected chi connectivity index (χ2v) is 7.22. The van der Waals surface area contributed by atoms with Crippen molar-refractivity contribution in [3.8, 4) is 0 Å². The number of nitrogens with one attached hydrogen (secondary N) is 1. The highest BCUT2D eigenvalue weighted by Gasteiger charge is 2.31. The lowest BCUT2D eigenvalue weighted by molar-refractivity contribution is 0.00931. The summed E-state index contributed by atoms with van der Waals surface area (Å²) in [4.78, 5) is 22.6. The van der Waals surface area contributed by atoms with Crippen LogP contribution in [0.15, 0.2) is 12.3 Å². The number of ether oxygens (including phenoxy) is 1. The van der Waals surface area contributed by atoms with Gasteiger partial charge in [-0.2, -0.15) is 0 Å². The molecule has 0 aliphatic carbocycles. The lowest BCUT2D eigenvalue weighted by Gasteiger charge is -2.38. The molecule has 1 aromatic rings. The first-order valence-corrected chi connectivity index (χ1v) is 8.26. The maximum atomic E-state index is 12.2. The van der Waals surface area contributed by atoms with Crippen LogP contribution in [0.3, 0.4) is 0 Å². The average molecular weight is 320 g/mol. The number of hydrogen-bond acceptors (Lipinski definition) is 5. The van der Waals surface area contributed by atoms with E-state index in [4.69, 9.17) is 4.74 Å². The third kappa shape index (κ3) is 5.46. The van der Waals surface area contributed by atoms with Gasteiger partial charge in [-0.3, -0.25) is 0 Å². The SMILES string of the molecule is Cc1nccc(CNC2CCN(C(=O)OC(C)(C)C)C(C)C2)n1. The third-order valence-electron chi connectivity index (χ3n) is 3.91. The molecule has 0 saturated carbocycles. The Hall–Kier alpha value is -1.69. The molecule has 1 fully saturated rings. The fraction of sp³-hybridized carbons (Fsp3) is 0.706. The molecule has 2 rings (SSSR count). The summed E-state index contributed by atoms with van der Waals surface area (Å²) < 4.78 is 5.47. The van der Waals surface area contributed by atoms with E-state index in [0.29, 0.717) is 6.04 Å². The molecule has 2 heterocycles. The number of nitrogens with zero attached hydrogens (tertiary/aromatic N) is 3. The van der Waals surface area contributed by atoms with Crippen molar-refractivity contribution in [3.63, 3.8) is 0 Å². The van der Waals surface area contributed by atoms with Gasteiger partial charge >= 0.3 is 6.09 Å². The van der Waals surface area contributed by atoms with Gasteiger partial charge in [-0.05, 0) is 53.5 Å². The number of hydrogen-bond donors (Lipinski definition) is 1. The first-order valence-electron chi connectivity index (χ1n) is 8.26. The molecule has 0 radical (unpaired) electrons. The first-order chi connectivity index (χ1) is 10.7. The standard InChI is InChI=1S/C17H28N4O2/c1-12-10-14(19-11-15-6-8-18-13(2)20-15)7-9-21(12)16(22)23-17(3,4)5/h6,8,12,14,19H,7,9-11H2,1-5H3. The summed E-state index contributed by atoms with van der Waals surface area (Å²) in [5.41, 5.74) is 0.552. The fourth-order valence-corrected chi connectivity index (χ4v) is 2.80. The molecule has 1 saturated heterocycles. The monoisotopic (exact) mass is 320 g/mol. The zero-order chi connectivity index (χ0) is 17.0. The number of piperidine rings is 1. The average Bonchev–Trinajstić information content (AvgIpc) is 2.43. The number of likely N-dealkylation sites (tertiary alicyclic amines) is 1. The van der Waals surface area contributed by atoms with Gasteiger partial charge < -0.3 is 15.0 Å². The van der Waals surface area contributed by atoms with E-state index in [-0.39, 0.29) is 12.1 Å². The van der Waals surface area contributed by atoms with Crippen molar-refractivity contribution in [2.24, 2.45) is 0 Å². The molecule has 1 N–H and O–H groups in total. The zero-order valence-corrected chi connectivity index (χ0v) is 14.8. The second kappa shape index (κ2) is 7.25. The molecule has 0 spiro atoms. The molecule has 2 unspecified atom stereocenters. The molecule has 1 aliphatic rings. The predicted octanol–water partition coefficient (Wildman–Crippen LogP) is 2.66. The van der Waals surface area contributed by atoms with Crippen LogP contribution in [0.1, 0.15) is 52.1 Å². The quantitative estimate of drug-likeness (QED) is 0.927. The predicted molar refractivity (Wildman–Crippen MR) is 89.0 cm³/mol. The Balaban J connectivity index is 1.83. The van der Waals surface area contributed by atoms with Crippen LogP contribution in [0.25, 0.3) is 0 Å². The maximum Gasteiger partial charge on any atom is 0.410 e. The van der Waals surface area contributed by atoms with Gasteiger partial charge in [-0.15, -0.1) is 0 Å². The highest BCUT2D eigenvalue weighted by atomic mass is 16.6. The Kier molecular flexibility index (Phi) is 5.57. The minimum atomic E-state index is -0.448. The number of aromatic nitrogens is 2. The van der Waals surface area contributed by atoms with E-state index < -0.39 is 5.60 Å². The molecule has 1 aliphatic heterocycles. The maximum absolute atomic E-state index is 12.2. The van der Waals surface area contributed by atoms with E-state index in [1.165, 1.54) is 0 Å². The van der Waals surface area contributed by atoms with E-state index >= 15 is 0 Å². The molecule has 1 aromatic heterocycles. The normalized spacial score (nSPS) is 22.0. The van der Waals surface area contributed by atoms with Gasteiger partial charge in [0.05, 0.1) is 5.69 Å². The first kappa shape index (κ1) is 17.7. The van der Waals surface area contributed by atoms with Gasteiger partial charge in [-0.1, -0.05) is 0 Å². The summed E-state index contributed by atoms with van der Waals surface area (Å²) in [5, 5.41) is 3.53. The molecule has 1 amide bonds. The van der Waals surface area contributed by atoms with Crippen molar-refractivity contribution in [2.45, 2.75) is 71.7 Å². The highest BCUT2D eigenvalue weighted by molar-refractivity contribution is 5.68. The lowest BCUT2D eigenvalue weighted by Crippen LogP contribution is -2.50. The molecule has 0 aromatic carbocycles. The minimum Gasteiger partial charge on any atom is -0.444 e. The summed E-state index contributed by atoms with van der Waals surface area (Å²) in [5.74, 6) is 0.789. The smallest absolute Gasteiger partial charge is 0.410 e. The molecular weight excluding hydrogens is 292 g/mol. The molecule has 6 nitrogen and oxygen atoms in total. The molecule has 128 valence electrons. The van der Waals surface area contributed by atoms with Crippen LogP contribution in [0.2, 0.25) is 0 Å². The Morgan fingerprint density at radius 3 is 2.83 bits per heavy atom. The van der Waals surface area contributed by atoms with Crippen LogP contribution < -0.4 is 5.32 Å². The van der Waals surface area contributed by atoms with Crippen molar-refractivity contribution < 1.29 is 9.53 Å². The van der Waals surface area contributed by atoms with Gasteiger partial charge in [0.2, 0.25) is 0 Å². The van der Waals surface area contributed by atoms with E-state index in [2.05, 4.69) is 22.2 Å². The topological polar surface area (TPSA) is 67.4 Å². The number of rotatable bonds is 3. The van der Waals surface area contributed by atoms with E-state index in [0.717, 1.165) is 37.4 Å². The van der Waals surface area contributed by atoms with Gasteiger partial charge in [-0.25, -0.2) is 14.8 Å². The zero-order valence-electron chi connectivity index (χ0n) is 14.8. The molecule has 2 atom stereocenters. The summed E-state index contributed by atoms with van der Waals surface area (Å²) in [6.07, 6.45) is 3.42. The summed E-state index contributed by atoms with van der Waals surface area (Å²) in [6.45, 7) is 11.1. The van der Waals surface area contributed by atoms with Gasteiger partial charge in [0.25, 0.3) is 0 Å². The van der Waals surface area contributed by atoms with Crippen LogP contribution >= 0.6 is 0 Å². The van der Waals surface area contributed by atoms with Gasteiger partial charge in [0.15, 0.2) is 0 Å². The molecule has 23 heavy (non-hydrogen) atoms. The Bertz CT molecular complexity index is 542. The van der Waals surface area contributed by atoms with E-state index in [9.17, 15) is 4.79 Å². The summed E-state index contributed by atoms with van der Waals surface area (Å²) in [6, 6.07) is 2.49. The summed E-state index contributed by atoms with van der Waals surface area (Å²) >= 11 is 0. The van der Waals surface area contributed by atoms with Crippen LogP contribution in [0.5, 0.6) is 0 Å². The number of carbonyl (C=O) groups excluding carboxylic acids is 1. The number of carbonyl (C=O) groups is 1. The molecule has 0 bridgehead atoms.